The number of carbonyl (C=O) groups excluding carboxylic acids is 1. The lowest BCUT2D eigenvalue weighted by molar-refractivity contribution is -0.143. The van der Waals surface area contributed by atoms with Crippen LogP contribution in [0.5, 0.6) is 23.0 Å². The van der Waals surface area contributed by atoms with E-state index in [4.69, 9.17) is 41.3 Å². The Morgan fingerprint density at radius 3 is 2.49 bits per heavy atom. The number of nitrogen functional groups attached to an aromatic ring is 1. The molecular weight excluding hydrogens is 566 g/mol. The van der Waals surface area contributed by atoms with Gasteiger partial charge in [-0.15, -0.1) is 0 Å². The minimum absolute atomic E-state index is 0.239. The molecule has 0 aliphatic rings. The lowest BCUT2D eigenvalue weighted by Crippen LogP contribution is -2.08. The number of fused-ring (bicyclic) bond motifs is 1. The number of imidazole rings is 1. The molecule has 0 atom stereocenters. The van der Waals surface area contributed by atoms with Crippen molar-refractivity contribution in [2.45, 2.75) is 32.8 Å². The number of anilines is 1. The molecule has 9 heteroatoms. The molecule has 8 nitrogen and oxygen atoms in total. The van der Waals surface area contributed by atoms with Crippen LogP contribution in [0.15, 0.2) is 84.9 Å². The molecule has 0 aliphatic carbocycles. The maximum absolute atomic E-state index is 12.0. The Morgan fingerprint density at radius 1 is 0.907 bits per heavy atom. The number of ether oxygens (including phenoxy) is 4. The van der Waals surface area contributed by atoms with Gasteiger partial charge >= 0.3 is 5.97 Å². The summed E-state index contributed by atoms with van der Waals surface area (Å²) in [6.45, 7) is 2.93. The molecule has 0 unspecified atom stereocenters. The summed E-state index contributed by atoms with van der Waals surface area (Å²) in [6, 6.07) is 26.3. The first-order valence-corrected chi connectivity index (χ1v) is 14.5. The van der Waals surface area contributed by atoms with E-state index in [2.05, 4.69) is 0 Å². The lowest BCUT2D eigenvalue weighted by atomic mass is 10.1. The first kappa shape index (κ1) is 29.8. The first-order chi connectivity index (χ1) is 20.9. The third-order valence-electron chi connectivity index (χ3n) is 6.88. The maximum Gasteiger partial charge on any atom is 0.306 e. The molecule has 0 saturated carbocycles. The predicted molar refractivity (Wildman–Crippen MR) is 168 cm³/mol. The summed E-state index contributed by atoms with van der Waals surface area (Å²) in [5, 5.41) is 0.668. The van der Waals surface area contributed by atoms with Gasteiger partial charge in [-0.25, -0.2) is 4.98 Å². The first-order valence-electron chi connectivity index (χ1n) is 14.2. The number of hydrogen-bond donors (Lipinski definition) is 1. The fourth-order valence-electron chi connectivity index (χ4n) is 4.66. The summed E-state index contributed by atoms with van der Waals surface area (Å²) in [6.07, 6.45) is 1.37. The van der Waals surface area contributed by atoms with Gasteiger partial charge in [0, 0.05) is 48.8 Å². The molecule has 0 saturated heterocycles. The number of hydrogen-bond acceptors (Lipinski definition) is 7. The standard InChI is InChI=1S/C34H34ClN3O5/c1-3-40-34(39)16-10-24-9-13-27(21-32(24)42-22-23-7-11-25(35)12-8-23)41-18-17-33-37-30-15-14-29(20-31(30)38(33)2)43-28-6-4-5-26(36)19-28/h4-9,11-15,19-21H,3,10,16-18,22,36H2,1-2H3. The molecule has 0 spiro atoms. The highest BCUT2D eigenvalue weighted by molar-refractivity contribution is 6.30. The second-order valence-corrected chi connectivity index (χ2v) is 10.4. The molecule has 0 bridgehead atoms. The fourth-order valence-corrected chi connectivity index (χ4v) is 4.78. The monoisotopic (exact) mass is 599 g/mol. The third-order valence-corrected chi connectivity index (χ3v) is 7.14. The van der Waals surface area contributed by atoms with Gasteiger partial charge in [0.05, 0.1) is 24.2 Å². The van der Waals surface area contributed by atoms with Crippen molar-refractivity contribution in [2.75, 3.05) is 18.9 Å². The zero-order valence-corrected chi connectivity index (χ0v) is 25.0. The van der Waals surface area contributed by atoms with Crippen LogP contribution in [0.4, 0.5) is 5.69 Å². The van der Waals surface area contributed by atoms with Crippen molar-refractivity contribution in [2.24, 2.45) is 7.05 Å². The summed E-state index contributed by atoms with van der Waals surface area (Å²) < 4.78 is 25.4. The van der Waals surface area contributed by atoms with E-state index in [0.717, 1.165) is 28.0 Å². The van der Waals surface area contributed by atoms with E-state index >= 15 is 0 Å². The number of benzene rings is 4. The molecule has 0 fully saturated rings. The van der Waals surface area contributed by atoms with Crippen LogP contribution in [0.3, 0.4) is 0 Å². The van der Waals surface area contributed by atoms with Crippen LogP contribution in [0, 0.1) is 0 Å². The number of nitrogens with two attached hydrogens (primary N) is 1. The van der Waals surface area contributed by atoms with Gasteiger partial charge in [0.15, 0.2) is 0 Å². The zero-order valence-electron chi connectivity index (χ0n) is 24.2. The van der Waals surface area contributed by atoms with Crippen LogP contribution in [0.25, 0.3) is 11.0 Å². The summed E-state index contributed by atoms with van der Waals surface area (Å²) in [5.74, 6) is 3.37. The quantitative estimate of drug-likeness (QED) is 0.112. The van der Waals surface area contributed by atoms with Gasteiger partial charge in [-0.2, -0.15) is 0 Å². The van der Waals surface area contributed by atoms with Gasteiger partial charge in [0.2, 0.25) is 0 Å². The minimum Gasteiger partial charge on any atom is -0.493 e. The number of esters is 1. The second kappa shape index (κ2) is 14.0. The minimum atomic E-state index is -0.239. The molecule has 1 aromatic heterocycles. The Hall–Kier alpha value is -4.69. The fraction of sp³-hybridized carbons (Fsp3) is 0.235. The molecule has 2 N–H and O–H groups in total. The van der Waals surface area contributed by atoms with E-state index < -0.39 is 0 Å². The van der Waals surface area contributed by atoms with Crippen molar-refractivity contribution >= 4 is 34.3 Å². The number of aromatic nitrogens is 2. The second-order valence-electron chi connectivity index (χ2n) is 10.0. The molecule has 0 amide bonds. The van der Waals surface area contributed by atoms with E-state index in [0.29, 0.717) is 66.4 Å². The van der Waals surface area contributed by atoms with Gasteiger partial charge in [0.25, 0.3) is 0 Å². The maximum atomic E-state index is 12.0. The number of halogens is 1. The molecule has 0 radical (unpaired) electrons. The van der Waals surface area contributed by atoms with Gasteiger partial charge in [-0.1, -0.05) is 35.9 Å². The highest BCUT2D eigenvalue weighted by Gasteiger charge is 2.13. The van der Waals surface area contributed by atoms with Crippen molar-refractivity contribution in [1.82, 2.24) is 9.55 Å². The summed E-state index contributed by atoms with van der Waals surface area (Å²) in [4.78, 5) is 16.8. The summed E-state index contributed by atoms with van der Waals surface area (Å²) >= 11 is 6.02. The Labute approximate surface area is 255 Å². The number of rotatable bonds is 13. The average molecular weight is 600 g/mol. The number of nitrogens with zero attached hydrogens (tertiary/aromatic N) is 2. The van der Waals surface area contributed by atoms with E-state index in [1.54, 1.807) is 13.0 Å². The van der Waals surface area contributed by atoms with Gasteiger partial charge in [0.1, 0.15) is 35.4 Å². The molecule has 5 aromatic rings. The van der Waals surface area contributed by atoms with Gasteiger partial charge in [-0.05, 0) is 66.9 Å². The average Bonchev–Trinajstić information content (AvgIpc) is 3.31. The van der Waals surface area contributed by atoms with Crippen LogP contribution in [-0.2, 0) is 36.0 Å². The third kappa shape index (κ3) is 7.99. The van der Waals surface area contributed by atoms with Crippen molar-refractivity contribution in [1.29, 1.82) is 0 Å². The van der Waals surface area contributed by atoms with Crippen molar-refractivity contribution in [3.05, 3.63) is 107 Å². The Balaban J connectivity index is 1.25. The number of carbonyl (C=O) groups is 1. The van der Waals surface area contributed by atoms with Crippen molar-refractivity contribution in [3.8, 4) is 23.0 Å². The molecular formula is C34H34ClN3O5. The normalized spacial score (nSPS) is 11.0. The lowest BCUT2D eigenvalue weighted by Gasteiger charge is -2.14. The molecule has 4 aromatic carbocycles. The van der Waals surface area contributed by atoms with Crippen LogP contribution < -0.4 is 19.9 Å². The Kier molecular flexibility index (Phi) is 9.69. The van der Waals surface area contributed by atoms with E-state index in [9.17, 15) is 4.79 Å². The number of aryl methyl sites for hydroxylation is 2. The molecule has 0 aliphatic heterocycles. The Morgan fingerprint density at radius 2 is 1.70 bits per heavy atom. The highest BCUT2D eigenvalue weighted by atomic mass is 35.5. The largest absolute Gasteiger partial charge is 0.493 e. The SMILES string of the molecule is CCOC(=O)CCc1ccc(OCCc2nc3ccc(Oc4cccc(N)c4)cc3n2C)cc1OCc1ccc(Cl)cc1. The molecule has 1 heterocycles. The zero-order chi connectivity index (χ0) is 30.2. The highest BCUT2D eigenvalue weighted by Crippen LogP contribution is 2.29. The van der Waals surface area contributed by atoms with Crippen molar-refractivity contribution < 1.29 is 23.7 Å². The van der Waals surface area contributed by atoms with Gasteiger partial charge < -0.3 is 29.2 Å². The molecule has 222 valence electrons. The van der Waals surface area contributed by atoms with Crippen LogP contribution in [-0.4, -0.2) is 28.7 Å². The van der Waals surface area contributed by atoms with E-state index in [1.807, 2.05) is 90.5 Å². The molecule has 43 heavy (non-hydrogen) atoms. The summed E-state index contributed by atoms with van der Waals surface area (Å²) in [5.41, 5.74) is 10.2. The van der Waals surface area contributed by atoms with Crippen LogP contribution in [0.2, 0.25) is 5.02 Å². The van der Waals surface area contributed by atoms with Crippen LogP contribution >= 0.6 is 11.6 Å². The smallest absolute Gasteiger partial charge is 0.306 e. The Bertz CT molecular complexity index is 1700. The predicted octanol–water partition coefficient (Wildman–Crippen LogP) is 7.30. The van der Waals surface area contributed by atoms with Crippen LogP contribution in [0.1, 0.15) is 30.3 Å². The molecule has 5 rings (SSSR count). The summed E-state index contributed by atoms with van der Waals surface area (Å²) in [7, 11) is 1.98. The van der Waals surface area contributed by atoms with E-state index in [-0.39, 0.29) is 12.4 Å². The van der Waals surface area contributed by atoms with E-state index in [1.165, 1.54) is 0 Å². The topological polar surface area (TPSA) is 97.8 Å². The van der Waals surface area contributed by atoms with Crippen molar-refractivity contribution in [3.63, 3.8) is 0 Å². The van der Waals surface area contributed by atoms with Gasteiger partial charge in [-0.3, -0.25) is 4.79 Å².